The standard InChI is InChI=1S/C17H21N3O3/c1-2-23-16-6-4-3-5-14(16)17(21)18-8-9-20-15-7-10-22-12-13(15)11-19-20/h3-6,11H,2,7-10,12H2,1H3,(H,18,21). The first-order chi connectivity index (χ1) is 11.3. The zero-order valence-electron chi connectivity index (χ0n) is 13.2. The van der Waals surface area contributed by atoms with E-state index in [1.165, 1.54) is 5.69 Å². The predicted molar refractivity (Wildman–Crippen MR) is 85.5 cm³/mol. The smallest absolute Gasteiger partial charge is 0.255 e. The van der Waals surface area contributed by atoms with Gasteiger partial charge in [0, 0.05) is 24.2 Å². The monoisotopic (exact) mass is 315 g/mol. The Morgan fingerprint density at radius 2 is 2.30 bits per heavy atom. The molecule has 0 atom stereocenters. The summed E-state index contributed by atoms with van der Waals surface area (Å²) in [5.41, 5.74) is 2.91. The third-order valence-corrected chi connectivity index (χ3v) is 3.82. The molecule has 1 aliphatic heterocycles. The lowest BCUT2D eigenvalue weighted by atomic mass is 10.2. The van der Waals surface area contributed by atoms with Crippen LogP contribution in [0.15, 0.2) is 30.5 Å². The van der Waals surface area contributed by atoms with Crippen molar-refractivity contribution in [1.82, 2.24) is 15.1 Å². The summed E-state index contributed by atoms with van der Waals surface area (Å²) in [7, 11) is 0. The normalized spacial score (nSPS) is 13.4. The highest BCUT2D eigenvalue weighted by Gasteiger charge is 2.16. The number of carbonyl (C=O) groups excluding carboxylic acids is 1. The average molecular weight is 315 g/mol. The van der Waals surface area contributed by atoms with E-state index in [-0.39, 0.29) is 5.91 Å². The zero-order chi connectivity index (χ0) is 16.1. The van der Waals surface area contributed by atoms with Crippen LogP contribution in [0.1, 0.15) is 28.5 Å². The molecule has 3 rings (SSSR count). The molecule has 0 fully saturated rings. The number of nitrogens with one attached hydrogen (secondary N) is 1. The van der Waals surface area contributed by atoms with Crippen LogP contribution in [0.3, 0.4) is 0 Å². The minimum Gasteiger partial charge on any atom is -0.493 e. The lowest BCUT2D eigenvalue weighted by molar-refractivity contribution is 0.0946. The van der Waals surface area contributed by atoms with Gasteiger partial charge < -0.3 is 14.8 Å². The number of hydrogen-bond donors (Lipinski definition) is 1. The van der Waals surface area contributed by atoms with E-state index in [9.17, 15) is 4.79 Å². The molecule has 1 N–H and O–H groups in total. The topological polar surface area (TPSA) is 65.4 Å². The lowest BCUT2D eigenvalue weighted by Gasteiger charge is -2.15. The molecule has 6 heteroatoms. The van der Waals surface area contributed by atoms with Crippen molar-refractivity contribution in [3.8, 4) is 5.75 Å². The number of fused-ring (bicyclic) bond motifs is 1. The maximum atomic E-state index is 12.3. The highest BCUT2D eigenvalue weighted by molar-refractivity contribution is 5.96. The molecule has 0 aliphatic carbocycles. The molecule has 0 bridgehead atoms. The van der Waals surface area contributed by atoms with E-state index in [1.807, 2.05) is 36.0 Å². The van der Waals surface area contributed by atoms with Crippen LogP contribution in [0.25, 0.3) is 0 Å². The fourth-order valence-electron chi connectivity index (χ4n) is 2.71. The van der Waals surface area contributed by atoms with Crippen molar-refractivity contribution in [3.05, 3.63) is 47.3 Å². The number of ether oxygens (including phenoxy) is 2. The summed E-state index contributed by atoms with van der Waals surface area (Å²) in [5, 5.41) is 7.31. The second kappa shape index (κ2) is 7.28. The van der Waals surface area contributed by atoms with Gasteiger partial charge in [0.05, 0.1) is 38.1 Å². The third kappa shape index (κ3) is 3.53. The van der Waals surface area contributed by atoms with Gasteiger partial charge in [-0.05, 0) is 19.1 Å². The van der Waals surface area contributed by atoms with E-state index in [0.717, 1.165) is 18.6 Å². The number of rotatable bonds is 6. The van der Waals surface area contributed by atoms with E-state index in [1.54, 1.807) is 6.07 Å². The third-order valence-electron chi connectivity index (χ3n) is 3.82. The molecular formula is C17H21N3O3. The van der Waals surface area contributed by atoms with Crippen molar-refractivity contribution in [2.24, 2.45) is 0 Å². The van der Waals surface area contributed by atoms with Crippen LogP contribution in [-0.4, -0.2) is 35.4 Å². The zero-order valence-corrected chi connectivity index (χ0v) is 13.2. The maximum Gasteiger partial charge on any atom is 0.255 e. The Balaban J connectivity index is 1.58. The average Bonchev–Trinajstić information content (AvgIpc) is 2.99. The van der Waals surface area contributed by atoms with Gasteiger partial charge in [0.25, 0.3) is 5.91 Å². The highest BCUT2D eigenvalue weighted by Crippen LogP contribution is 2.18. The van der Waals surface area contributed by atoms with Crippen LogP contribution in [0.2, 0.25) is 0 Å². The molecule has 0 radical (unpaired) electrons. The van der Waals surface area contributed by atoms with E-state index in [0.29, 0.717) is 37.6 Å². The molecule has 122 valence electrons. The fourth-order valence-corrected chi connectivity index (χ4v) is 2.71. The summed E-state index contributed by atoms with van der Waals surface area (Å²) in [4.78, 5) is 12.3. The van der Waals surface area contributed by atoms with Crippen molar-refractivity contribution < 1.29 is 14.3 Å². The van der Waals surface area contributed by atoms with Crippen LogP contribution >= 0.6 is 0 Å². The van der Waals surface area contributed by atoms with Gasteiger partial charge in [-0.15, -0.1) is 0 Å². The number of benzene rings is 1. The van der Waals surface area contributed by atoms with Crippen LogP contribution in [0.4, 0.5) is 0 Å². The summed E-state index contributed by atoms with van der Waals surface area (Å²) < 4.78 is 12.9. The van der Waals surface area contributed by atoms with E-state index < -0.39 is 0 Å². The quantitative estimate of drug-likeness (QED) is 0.882. The van der Waals surface area contributed by atoms with Gasteiger partial charge >= 0.3 is 0 Å². The molecule has 0 unspecified atom stereocenters. The molecule has 6 nitrogen and oxygen atoms in total. The molecule has 1 amide bonds. The van der Waals surface area contributed by atoms with Gasteiger partial charge in [0.1, 0.15) is 5.75 Å². The summed E-state index contributed by atoms with van der Waals surface area (Å²) >= 11 is 0. The van der Waals surface area contributed by atoms with Crippen molar-refractivity contribution >= 4 is 5.91 Å². The number of amides is 1. The molecule has 2 heterocycles. The molecule has 2 aromatic rings. The molecule has 23 heavy (non-hydrogen) atoms. The SMILES string of the molecule is CCOc1ccccc1C(=O)NCCn1ncc2c1CCOC2. The van der Waals surface area contributed by atoms with Crippen molar-refractivity contribution in [1.29, 1.82) is 0 Å². The number of para-hydroxylation sites is 1. The van der Waals surface area contributed by atoms with Crippen LogP contribution in [0, 0.1) is 0 Å². The largest absolute Gasteiger partial charge is 0.493 e. The Morgan fingerprint density at radius 1 is 1.43 bits per heavy atom. The minimum absolute atomic E-state index is 0.126. The fraction of sp³-hybridized carbons (Fsp3) is 0.412. The van der Waals surface area contributed by atoms with Crippen LogP contribution in [-0.2, 0) is 24.3 Å². The maximum absolute atomic E-state index is 12.3. The molecular weight excluding hydrogens is 294 g/mol. The van der Waals surface area contributed by atoms with Gasteiger partial charge in [-0.1, -0.05) is 12.1 Å². The number of aromatic nitrogens is 2. The predicted octanol–water partition coefficient (Wildman–Crippen LogP) is 1.78. The molecule has 0 spiro atoms. The van der Waals surface area contributed by atoms with Crippen molar-refractivity contribution in [3.63, 3.8) is 0 Å². The first kappa shape index (κ1) is 15.6. The second-order valence-corrected chi connectivity index (χ2v) is 5.33. The molecule has 1 aromatic heterocycles. The molecule has 1 aliphatic rings. The van der Waals surface area contributed by atoms with Gasteiger partial charge in [-0.2, -0.15) is 5.10 Å². The number of hydrogen-bond acceptors (Lipinski definition) is 4. The van der Waals surface area contributed by atoms with Crippen LogP contribution < -0.4 is 10.1 Å². The van der Waals surface area contributed by atoms with Gasteiger partial charge in [-0.25, -0.2) is 0 Å². The van der Waals surface area contributed by atoms with Crippen molar-refractivity contribution in [2.45, 2.75) is 26.5 Å². The Kier molecular flexibility index (Phi) is 4.92. The number of carbonyl (C=O) groups is 1. The highest BCUT2D eigenvalue weighted by atomic mass is 16.5. The molecule has 0 saturated carbocycles. The summed E-state index contributed by atoms with van der Waals surface area (Å²) in [6.45, 7) is 4.97. The second-order valence-electron chi connectivity index (χ2n) is 5.33. The Hall–Kier alpha value is -2.34. The Labute approximate surface area is 135 Å². The van der Waals surface area contributed by atoms with E-state index in [2.05, 4.69) is 10.4 Å². The summed E-state index contributed by atoms with van der Waals surface area (Å²) in [5.74, 6) is 0.486. The first-order valence-electron chi connectivity index (χ1n) is 7.91. The van der Waals surface area contributed by atoms with Gasteiger partial charge in [0.2, 0.25) is 0 Å². The van der Waals surface area contributed by atoms with Gasteiger partial charge in [-0.3, -0.25) is 9.48 Å². The summed E-state index contributed by atoms with van der Waals surface area (Å²) in [6, 6.07) is 7.27. The van der Waals surface area contributed by atoms with E-state index in [4.69, 9.17) is 9.47 Å². The first-order valence-corrected chi connectivity index (χ1v) is 7.91. The van der Waals surface area contributed by atoms with Crippen molar-refractivity contribution in [2.75, 3.05) is 19.8 Å². The number of nitrogens with zero attached hydrogens (tertiary/aromatic N) is 2. The molecule has 1 aromatic carbocycles. The lowest BCUT2D eigenvalue weighted by Crippen LogP contribution is -2.28. The van der Waals surface area contributed by atoms with Gasteiger partial charge in [0.15, 0.2) is 0 Å². The minimum atomic E-state index is -0.126. The molecule has 0 saturated heterocycles. The Morgan fingerprint density at radius 3 is 3.17 bits per heavy atom. The van der Waals surface area contributed by atoms with E-state index >= 15 is 0 Å². The summed E-state index contributed by atoms with van der Waals surface area (Å²) in [6.07, 6.45) is 2.72. The Bertz CT molecular complexity index is 681. The van der Waals surface area contributed by atoms with Crippen LogP contribution in [0.5, 0.6) is 5.75 Å².